The SMILES string of the molecule is CC(C)(C)NCCCc1ncc(C(C)(C)C)o1. The summed E-state index contributed by atoms with van der Waals surface area (Å²) in [6, 6.07) is 0. The van der Waals surface area contributed by atoms with E-state index in [1.165, 1.54) is 0 Å². The molecule has 1 heterocycles. The minimum absolute atomic E-state index is 0.0505. The van der Waals surface area contributed by atoms with Crippen LogP contribution in [0.1, 0.15) is 59.6 Å². The Labute approximate surface area is 105 Å². The third kappa shape index (κ3) is 5.35. The van der Waals surface area contributed by atoms with E-state index >= 15 is 0 Å². The molecule has 0 radical (unpaired) electrons. The number of aryl methyl sites for hydroxylation is 1. The standard InChI is InChI=1S/C14H26N2O/c1-13(2,3)11-10-15-12(17-11)8-7-9-16-14(4,5)6/h10,16H,7-9H2,1-6H3. The van der Waals surface area contributed by atoms with Gasteiger partial charge in [-0.05, 0) is 33.7 Å². The molecule has 0 amide bonds. The lowest BCUT2D eigenvalue weighted by atomic mass is 9.94. The van der Waals surface area contributed by atoms with Gasteiger partial charge < -0.3 is 9.73 Å². The van der Waals surface area contributed by atoms with E-state index in [1.54, 1.807) is 0 Å². The molecule has 0 saturated heterocycles. The van der Waals surface area contributed by atoms with Crippen LogP contribution in [0.2, 0.25) is 0 Å². The summed E-state index contributed by atoms with van der Waals surface area (Å²) < 4.78 is 5.74. The molecule has 0 aromatic carbocycles. The molecule has 3 nitrogen and oxygen atoms in total. The van der Waals surface area contributed by atoms with Crippen molar-refractivity contribution >= 4 is 0 Å². The quantitative estimate of drug-likeness (QED) is 0.818. The van der Waals surface area contributed by atoms with Crippen molar-refractivity contribution in [3.63, 3.8) is 0 Å². The predicted octanol–water partition coefficient (Wildman–Crippen LogP) is 3.29. The summed E-state index contributed by atoms with van der Waals surface area (Å²) in [5.74, 6) is 1.82. The van der Waals surface area contributed by atoms with Crippen molar-refractivity contribution in [2.45, 2.75) is 65.3 Å². The first-order valence-corrected chi connectivity index (χ1v) is 6.39. The molecule has 0 aliphatic rings. The van der Waals surface area contributed by atoms with Gasteiger partial charge >= 0.3 is 0 Å². The summed E-state index contributed by atoms with van der Waals surface area (Å²) in [6.07, 6.45) is 3.81. The summed E-state index contributed by atoms with van der Waals surface area (Å²) in [4.78, 5) is 4.32. The van der Waals surface area contributed by atoms with Crippen LogP contribution in [0, 0.1) is 0 Å². The third-order valence-electron chi connectivity index (χ3n) is 2.52. The van der Waals surface area contributed by atoms with Gasteiger partial charge in [0.2, 0.25) is 0 Å². The third-order valence-corrected chi connectivity index (χ3v) is 2.52. The monoisotopic (exact) mass is 238 g/mol. The number of aromatic nitrogens is 1. The molecule has 0 fully saturated rings. The Kier molecular flexibility index (Phi) is 4.36. The normalized spacial score (nSPS) is 13.1. The fourth-order valence-corrected chi connectivity index (χ4v) is 1.48. The van der Waals surface area contributed by atoms with Gasteiger partial charge in [-0.1, -0.05) is 20.8 Å². The molecule has 0 saturated carbocycles. The molecule has 0 aliphatic carbocycles. The molecule has 0 unspecified atom stereocenters. The van der Waals surface area contributed by atoms with Crippen LogP contribution in [0.3, 0.4) is 0 Å². The van der Waals surface area contributed by atoms with Crippen LogP contribution in [0.15, 0.2) is 10.6 Å². The van der Waals surface area contributed by atoms with Crippen LogP contribution < -0.4 is 5.32 Å². The van der Waals surface area contributed by atoms with Crippen LogP contribution in [0.5, 0.6) is 0 Å². The Bertz CT molecular complexity index is 342. The Balaban J connectivity index is 2.36. The van der Waals surface area contributed by atoms with E-state index < -0.39 is 0 Å². The zero-order chi connectivity index (χ0) is 13.1. The zero-order valence-corrected chi connectivity index (χ0v) is 12.1. The van der Waals surface area contributed by atoms with E-state index in [0.29, 0.717) is 0 Å². The van der Waals surface area contributed by atoms with Crippen LogP contribution >= 0.6 is 0 Å². The molecule has 1 aromatic rings. The summed E-state index contributed by atoms with van der Waals surface area (Å²) in [5, 5.41) is 3.46. The lowest BCUT2D eigenvalue weighted by Gasteiger charge is -2.20. The van der Waals surface area contributed by atoms with Gasteiger partial charge in [-0.3, -0.25) is 0 Å². The van der Waals surface area contributed by atoms with Crippen molar-refractivity contribution in [1.82, 2.24) is 10.3 Å². The van der Waals surface area contributed by atoms with Crippen molar-refractivity contribution in [2.75, 3.05) is 6.54 Å². The molecule has 0 aliphatic heterocycles. The molecule has 1 aromatic heterocycles. The van der Waals surface area contributed by atoms with Gasteiger partial charge in [-0.25, -0.2) is 4.98 Å². The van der Waals surface area contributed by atoms with Crippen molar-refractivity contribution in [1.29, 1.82) is 0 Å². The molecule has 0 spiro atoms. The van der Waals surface area contributed by atoms with Crippen molar-refractivity contribution in [3.8, 4) is 0 Å². The van der Waals surface area contributed by atoms with Crippen LogP contribution in [-0.2, 0) is 11.8 Å². The number of rotatable bonds is 4. The van der Waals surface area contributed by atoms with Crippen molar-refractivity contribution < 1.29 is 4.42 Å². The Morgan fingerprint density at radius 3 is 2.29 bits per heavy atom. The van der Waals surface area contributed by atoms with Gasteiger partial charge in [0.15, 0.2) is 5.89 Å². The number of nitrogens with zero attached hydrogens (tertiary/aromatic N) is 1. The van der Waals surface area contributed by atoms with E-state index in [4.69, 9.17) is 4.42 Å². The molecule has 17 heavy (non-hydrogen) atoms. The van der Waals surface area contributed by atoms with E-state index in [-0.39, 0.29) is 11.0 Å². The van der Waals surface area contributed by atoms with Crippen LogP contribution in [-0.4, -0.2) is 17.1 Å². The van der Waals surface area contributed by atoms with Gasteiger partial charge in [-0.2, -0.15) is 0 Å². The van der Waals surface area contributed by atoms with Gasteiger partial charge in [0, 0.05) is 17.4 Å². The average Bonchev–Trinajstić information content (AvgIpc) is 2.58. The van der Waals surface area contributed by atoms with E-state index in [2.05, 4.69) is 51.8 Å². The maximum absolute atomic E-state index is 5.74. The van der Waals surface area contributed by atoms with Gasteiger partial charge in [0.05, 0.1) is 6.20 Å². The average molecular weight is 238 g/mol. The molecular weight excluding hydrogens is 212 g/mol. The van der Waals surface area contributed by atoms with Gasteiger partial charge in [0.1, 0.15) is 5.76 Å². The highest BCUT2D eigenvalue weighted by atomic mass is 16.4. The minimum Gasteiger partial charge on any atom is -0.445 e. The van der Waals surface area contributed by atoms with Gasteiger partial charge in [0.25, 0.3) is 0 Å². The lowest BCUT2D eigenvalue weighted by Crippen LogP contribution is -2.36. The predicted molar refractivity (Wildman–Crippen MR) is 71.3 cm³/mol. The molecule has 0 bridgehead atoms. The fraction of sp³-hybridized carbons (Fsp3) is 0.786. The summed E-state index contributed by atoms with van der Waals surface area (Å²) in [5.41, 5.74) is 0.238. The molecule has 3 heteroatoms. The second-order valence-corrected chi connectivity index (χ2v) is 6.65. The topological polar surface area (TPSA) is 38.1 Å². The lowest BCUT2D eigenvalue weighted by molar-refractivity contribution is 0.372. The first-order valence-electron chi connectivity index (χ1n) is 6.39. The summed E-state index contributed by atoms with van der Waals surface area (Å²) >= 11 is 0. The van der Waals surface area contributed by atoms with Crippen LogP contribution in [0.25, 0.3) is 0 Å². The highest BCUT2D eigenvalue weighted by Gasteiger charge is 2.18. The number of nitrogens with one attached hydrogen (secondary N) is 1. The molecule has 1 N–H and O–H groups in total. The smallest absolute Gasteiger partial charge is 0.194 e. The second kappa shape index (κ2) is 5.21. The first kappa shape index (κ1) is 14.2. The highest BCUT2D eigenvalue weighted by Crippen LogP contribution is 2.22. The second-order valence-electron chi connectivity index (χ2n) is 6.65. The van der Waals surface area contributed by atoms with Gasteiger partial charge in [-0.15, -0.1) is 0 Å². The Morgan fingerprint density at radius 2 is 1.82 bits per heavy atom. The van der Waals surface area contributed by atoms with Crippen molar-refractivity contribution in [2.24, 2.45) is 0 Å². The minimum atomic E-state index is 0.0505. The van der Waals surface area contributed by atoms with Crippen molar-refractivity contribution in [3.05, 3.63) is 17.8 Å². The fourth-order valence-electron chi connectivity index (χ4n) is 1.48. The number of oxazole rings is 1. The number of hydrogen-bond donors (Lipinski definition) is 1. The highest BCUT2D eigenvalue weighted by molar-refractivity contribution is 5.05. The van der Waals surface area contributed by atoms with E-state index in [1.807, 2.05) is 6.20 Å². The Hall–Kier alpha value is -0.830. The molecule has 98 valence electrons. The first-order chi connectivity index (χ1) is 7.68. The van der Waals surface area contributed by atoms with E-state index in [9.17, 15) is 0 Å². The summed E-state index contributed by atoms with van der Waals surface area (Å²) in [7, 11) is 0. The number of hydrogen-bond acceptors (Lipinski definition) is 3. The summed E-state index contributed by atoms with van der Waals surface area (Å²) in [6.45, 7) is 13.9. The maximum Gasteiger partial charge on any atom is 0.194 e. The molecule has 1 rings (SSSR count). The largest absolute Gasteiger partial charge is 0.445 e. The maximum atomic E-state index is 5.74. The zero-order valence-electron chi connectivity index (χ0n) is 12.1. The molecular formula is C14H26N2O. The Morgan fingerprint density at radius 1 is 1.18 bits per heavy atom. The molecule has 0 atom stereocenters. The van der Waals surface area contributed by atoms with Crippen LogP contribution in [0.4, 0.5) is 0 Å². The van der Waals surface area contributed by atoms with E-state index in [0.717, 1.165) is 31.0 Å².